The van der Waals surface area contributed by atoms with Gasteiger partial charge in [0.05, 0.1) is 17.2 Å². The van der Waals surface area contributed by atoms with Crippen LogP contribution >= 0.6 is 0 Å². The van der Waals surface area contributed by atoms with Crippen LogP contribution in [0, 0.1) is 6.92 Å². The van der Waals surface area contributed by atoms with Crippen LogP contribution < -0.4 is 4.90 Å². The Morgan fingerprint density at radius 2 is 1.63 bits per heavy atom. The van der Waals surface area contributed by atoms with Crippen molar-refractivity contribution in [2.45, 2.75) is 6.92 Å². The molecule has 9 nitrogen and oxygen atoms in total. The second kappa shape index (κ2) is 7.51. The minimum Gasteiger partial charge on any atom is -0.352 e. The number of amides is 1. The molecule has 0 bridgehead atoms. The molecule has 0 N–H and O–H groups in total. The Bertz CT molecular complexity index is 1200. The van der Waals surface area contributed by atoms with Crippen molar-refractivity contribution in [3.05, 3.63) is 66.5 Å². The predicted molar refractivity (Wildman–Crippen MR) is 112 cm³/mol. The third-order valence-electron chi connectivity index (χ3n) is 5.27. The summed E-state index contributed by atoms with van der Waals surface area (Å²) >= 11 is 0. The average molecular weight is 400 g/mol. The van der Waals surface area contributed by atoms with E-state index in [0.29, 0.717) is 31.9 Å². The number of aromatic nitrogens is 6. The van der Waals surface area contributed by atoms with E-state index in [1.807, 2.05) is 59.0 Å². The van der Waals surface area contributed by atoms with E-state index in [0.717, 1.165) is 28.5 Å². The van der Waals surface area contributed by atoms with Crippen molar-refractivity contribution in [1.29, 1.82) is 0 Å². The Kier molecular flexibility index (Phi) is 4.55. The summed E-state index contributed by atoms with van der Waals surface area (Å²) in [6.07, 6.45) is 5.15. The highest BCUT2D eigenvalue weighted by Gasteiger charge is 2.24. The van der Waals surface area contributed by atoms with Crippen LogP contribution in [0.1, 0.15) is 16.3 Å². The second-order valence-corrected chi connectivity index (χ2v) is 7.12. The minimum atomic E-state index is -0.0927. The molecule has 0 spiro atoms. The first-order chi connectivity index (χ1) is 14.7. The Labute approximate surface area is 173 Å². The van der Waals surface area contributed by atoms with Gasteiger partial charge in [-0.25, -0.2) is 9.97 Å². The molecule has 1 amide bonds. The number of carbonyl (C=O) groups is 1. The lowest BCUT2D eigenvalue weighted by Crippen LogP contribution is -2.49. The number of piperazine rings is 1. The van der Waals surface area contributed by atoms with Gasteiger partial charge in [0.15, 0.2) is 11.6 Å². The molecule has 1 fully saturated rings. The SMILES string of the molecule is Cc1nccn1-c1ccc(N2CCN(C(=O)c3cnc4ccccc4n3)CC2)nn1. The standard InChI is InChI=1S/C21H20N8O/c1-15-22-8-9-29(15)20-7-6-19(25-26-20)27-10-12-28(13-11-27)21(30)18-14-23-16-4-2-3-5-17(16)24-18/h2-9,14H,10-13H2,1H3. The maximum atomic E-state index is 12.9. The lowest BCUT2D eigenvalue weighted by atomic mass is 10.2. The molecule has 1 aliphatic heterocycles. The molecule has 1 aromatic carbocycles. The summed E-state index contributed by atoms with van der Waals surface area (Å²) in [4.78, 5) is 29.8. The van der Waals surface area contributed by atoms with E-state index in [2.05, 4.69) is 30.0 Å². The second-order valence-electron chi connectivity index (χ2n) is 7.12. The van der Waals surface area contributed by atoms with Crippen molar-refractivity contribution < 1.29 is 4.79 Å². The summed E-state index contributed by atoms with van der Waals surface area (Å²) in [7, 11) is 0. The predicted octanol–water partition coefficient (Wildman–Crippen LogP) is 1.88. The molecule has 3 aromatic heterocycles. The van der Waals surface area contributed by atoms with Crippen molar-refractivity contribution >= 4 is 22.8 Å². The molecular formula is C21H20N8O. The molecule has 150 valence electrons. The number of para-hydroxylation sites is 2. The third kappa shape index (κ3) is 3.34. The Morgan fingerprint density at radius 1 is 0.900 bits per heavy atom. The van der Waals surface area contributed by atoms with Gasteiger partial charge in [-0.3, -0.25) is 14.3 Å². The normalized spacial score (nSPS) is 14.3. The van der Waals surface area contributed by atoms with Gasteiger partial charge in [0.2, 0.25) is 0 Å². The van der Waals surface area contributed by atoms with Crippen molar-refractivity contribution in [3.8, 4) is 5.82 Å². The van der Waals surface area contributed by atoms with E-state index in [1.54, 1.807) is 12.4 Å². The van der Waals surface area contributed by atoms with Gasteiger partial charge in [0, 0.05) is 38.6 Å². The summed E-state index contributed by atoms with van der Waals surface area (Å²) in [6, 6.07) is 11.4. The van der Waals surface area contributed by atoms with Gasteiger partial charge in [0.1, 0.15) is 11.5 Å². The molecule has 0 saturated carbocycles. The van der Waals surface area contributed by atoms with Gasteiger partial charge >= 0.3 is 0 Å². The van der Waals surface area contributed by atoms with Gasteiger partial charge in [-0.2, -0.15) is 0 Å². The van der Waals surface area contributed by atoms with Crippen molar-refractivity contribution in [2.24, 2.45) is 0 Å². The van der Waals surface area contributed by atoms with Crippen LogP contribution in [-0.2, 0) is 0 Å². The number of aryl methyl sites for hydroxylation is 1. The van der Waals surface area contributed by atoms with Gasteiger partial charge in [-0.05, 0) is 31.2 Å². The van der Waals surface area contributed by atoms with Crippen LogP contribution in [0.4, 0.5) is 5.82 Å². The highest BCUT2D eigenvalue weighted by atomic mass is 16.2. The maximum absolute atomic E-state index is 12.9. The number of carbonyl (C=O) groups excluding carboxylic acids is 1. The fraction of sp³-hybridized carbons (Fsp3) is 0.238. The van der Waals surface area contributed by atoms with Gasteiger partial charge < -0.3 is 9.80 Å². The number of nitrogens with zero attached hydrogens (tertiary/aromatic N) is 8. The molecule has 0 unspecified atom stereocenters. The van der Waals surface area contributed by atoms with Crippen LogP contribution in [0.3, 0.4) is 0 Å². The first-order valence-electron chi connectivity index (χ1n) is 9.79. The van der Waals surface area contributed by atoms with Gasteiger partial charge in [0.25, 0.3) is 5.91 Å². The summed E-state index contributed by atoms with van der Waals surface area (Å²) in [5.41, 5.74) is 1.89. The minimum absolute atomic E-state index is 0.0927. The molecular weight excluding hydrogens is 380 g/mol. The number of benzene rings is 1. The van der Waals surface area contributed by atoms with E-state index < -0.39 is 0 Å². The Morgan fingerprint density at radius 3 is 2.33 bits per heavy atom. The topological polar surface area (TPSA) is 92.9 Å². The van der Waals surface area contributed by atoms with Crippen LogP contribution in [0.15, 0.2) is 55.0 Å². The summed E-state index contributed by atoms with van der Waals surface area (Å²) in [6.45, 7) is 4.48. The van der Waals surface area contributed by atoms with E-state index in [1.165, 1.54) is 0 Å². The Balaban J connectivity index is 1.25. The number of rotatable bonds is 3. The number of hydrogen-bond donors (Lipinski definition) is 0. The molecule has 0 atom stereocenters. The molecule has 4 heterocycles. The zero-order valence-electron chi connectivity index (χ0n) is 16.5. The monoisotopic (exact) mass is 400 g/mol. The molecule has 1 aliphatic rings. The molecule has 5 rings (SSSR count). The van der Waals surface area contributed by atoms with Crippen LogP contribution in [0.2, 0.25) is 0 Å². The Hall–Kier alpha value is -3.88. The third-order valence-corrected chi connectivity index (χ3v) is 5.27. The number of anilines is 1. The van der Waals surface area contributed by atoms with E-state index in [9.17, 15) is 4.79 Å². The van der Waals surface area contributed by atoms with Crippen LogP contribution in [0.25, 0.3) is 16.9 Å². The lowest BCUT2D eigenvalue weighted by molar-refractivity contribution is 0.0740. The first-order valence-corrected chi connectivity index (χ1v) is 9.79. The van der Waals surface area contributed by atoms with Crippen molar-refractivity contribution in [3.63, 3.8) is 0 Å². The lowest BCUT2D eigenvalue weighted by Gasteiger charge is -2.35. The summed E-state index contributed by atoms with van der Waals surface area (Å²) in [5.74, 6) is 2.30. The van der Waals surface area contributed by atoms with Gasteiger partial charge in [-0.15, -0.1) is 10.2 Å². The number of hydrogen-bond acceptors (Lipinski definition) is 7. The van der Waals surface area contributed by atoms with Crippen LogP contribution in [-0.4, -0.2) is 66.7 Å². The molecule has 0 radical (unpaired) electrons. The molecule has 1 saturated heterocycles. The van der Waals surface area contributed by atoms with Crippen molar-refractivity contribution in [2.75, 3.05) is 31.1 Å². The summed E-state index contributed by atoms with van der Waals surface area (Å²) < 4.78 is 1.89. The molecule has 9 heteroatoms. The first kappa shape index (κ1) is 18.2. The smallest absolute Gasteiger partial charge is 0.274 e. The van der Waals surface area contributed by atoms with E-state index in [-0.39, 0.29) is 5.91 Å². The summed E-state index contributed by atoms with van der Waals surface area (Å²) in [5, 5.41) is 8.68. The maximum Gasteiger partial charge on any atom is 0.274 e. The number of fused-ring (bicyclic) bond motifs is 1. The highest BCUT2D eigenvalue weighted by molar-refractivity contribution is 5.94. The zero-order valence-corrected chi connectivity index (χ0v) is 16.5. The van der Waals surface area contributed by atoms with Gasteiger partial charge in [-0.1, -0.05) is 12.1 Å². The fourth-order valence-electron chi connectivity index (χ4n) is 3.60. The molecule has 30 heavy (non-hydrogen) atoms. The largest absolute Gasteiger partial charge is 0.352 e. The molecule has 4 aromatic rings. The average Bonchev–Trinajstić information content (AvgIpc) is 3.24. The highest BCUT2D eigenvalue weighted by Crippen LogP contribution is 2.16. The van der Waals surface area contributed by atoms with E-state index >= 15 is 0 Å². The van der Waals surface area contributed by atoms with Crippen LogP contribution in [0.5, 0.6) is 0 Å². The number of imidazole rings is 1. The molecule has 0 aliphatic carbocycles. The quantitative estimate of drug-likeness (QED) is 0.518. The zero-order chi connectivity index (χ0) is 20.5. The fourth-order valence-corrected chi connectivity index (χ4v) is 3.60. The van der Waals surface area contributed by atoms with Crippen molar-refractivity contribution in [1.82, 2.24) is 34.6 Å². The van der Waals surface area contributed by atoms with E-state index in [4.69, 9.17) is 0 Å².